The van der Waals surface area contributed by atoms with Gasteiger partial charge in [0.05, 0.1) is 11.8 Å². The molecule has 0 aromatic carbocycles. The highest BCUT2D eigenvalue weighted by molar-refractivity contribution is 5.85. The molecule has 1 saturated carbocycles. The molecule has 1 aliphatic heterocycles. The summed E-state index contributed by atoms with van der Waals surface area (Å²) < 4.78 is 0. The van der Waals surface area contributed by atoms with Gasteiger partial charge < -0.3 is 10.0 Å². The Hall–Kier alpha value is -1.06. The monoisotopic (exact) mass is 295 g/mol. The number of nitrogens with zero attached hydrogens (tertiary/aromatic N) is 1. The molecule has 1 amide bonds. The minimum atomic E-state index is -0.796. The van der Waals surface area contributed by atoms with E-state index in [0.717, 1.165) is 25.8 Å². The van der Waals surface area contributed by atoms with E-state index in [0.29, 0.717) is 24.2 Å². The number of hydrogen-bond donors (Lipinski definition) is 1. The number of carboxylic acids is 1. The molecule has 1 aliphatic carbocycles. The second-order valence-electron chi connectivity index (χ2n) is 7.35. The summed E-state index contributed by atoms with van der Waals surface area (Å²) in [5.41, 5.74) is 0. The predicted molar refractivity (Wildman–Crippen MR) is 81.8 cm³/mol. The maximum atomic E-state index is 12.9. The Morgan fingerprint density at radius 1 is 1.10 bits per heavy atom. The predicted octanol–water partition coefficient (Wildman–Crippen LogP) is 3.02. The minimum absolute atomic E-state index is 0.0873. The van der Waals surface area contributed by atoms with Gasteiger partial charge in [-0.05, 0) is 43.9 Å². The maximum Gasteiger partial charge on any atom is 0.307 e. The molecule has 0 aromatic heterocycles. The summed E-state index contributed by atoms with van der Waals surface area (Å²) in [5.74, 6) is -0.125. The fourth-order valence-electron chi connectivity index (χ4n) is 4.24. The van der Waals surface area contributed by atoms with Gasteiger partial charge in [-0.15, -0.1) is 0 Å². The molecule has 1 N–H and O–H groups in total. The molecular weight excluding hydrogens is 266 g/mol. The molecule has 4 unspecified atom stereocenters. The van der Waals surface area contributed by atoms with Gasteiger partial charge in [-0.2, -0.15) is 0 Å². The van der Waals surface area contributed by atoms with Crippen LogP contribution in [-0.4, -0.2) is 34.5 Å². The molecule has 6 atom stereocenters. The Labute approximate surface area is 127 Å². The van der Waals surface area contributed by atoms with Crippen molar-refractivity contribution >= 4 is 11.9 Å². The summed E-state index contributed by atoms with van der Waals surface area (Å²) in [7, 11) is 0. The molecule has 0 bridgehead atoms. The van der Waals surface area contributed by atoms with E-state index in [1.165, 1.54) is 0 Å². The average Bonchev–Trinajstić information content (AvgIpc) is 2.86. The third-order valence-electron chi connectivity index (χ3n) is 5.75. The second kappa shape index (κ2) is 6.37. The van der Waals surface area contributed by atoms with Gasteiger partial charge in [0.25, 0.3) is 0 Å². The van der Waals surface area contributed by atoms with E-state index in [9.17, 15) is 14.7 Å². The van der Waals surface area contributed by atoms with Gasteiger partial charge in [0.1, 0.15) is 0 Å². The number of aliphatic carboxylic acids is 1. The minimum Gasteiger partial charge on any atom is -0.481 e. The summed E-state index contributed by atoms with van der Waals surface area (Å²) in [6.07, 6.45) is 3.53. The number of piperidine rings is 1. The molecule has 2 aliphatic rings. The summed E-state index contributed by atoms with van der Waals surface area (Å²) in [6, 6.07) is 0.226. The van der Waals surface area contributed by atoms with Crippen molar-refractivity contribution in [2.75, 3.05) is 6.54 Å². The van der Waals surface area contributed by atoms with E-state index in [-0.39, 0.29) is 17.9 Å². The van der Waals surface area contributed by atoms with Crippen molar-refractivity contribution in [3.63, 3.8) is 0 Å². The third-order valence-corrected chi connectivity index (χ3v) is 5.75. The number of amides is 1. The first-order valence-electron chi connectivity index (χ1n) is 8.38. The van der Waals surface area contributed by atoms with E-state index in [1.54, 1.807) is 0 Å². The first kappa shape index (κ1) is 16.3. The van der Waals surface area contributed by atoms with Gasteiger partial charge in [0, 0.05) is 12.6 Å². The summed E-state index contributed by atoms with van der Waals surface area (Å²) in [6.45, 7) is 9.35. The molecular formula is C17H29NO3. The quantitative estimate of drug-likeness (QED) is 0.870. The maximum absolute atomic E-state index is 12.9. The molecule has 0 aromatic rings. The number of likely N-dealkylation sites (tertiary alicyclic amines) is 1. The largest absolute Gasteiger partial charge is 0.481 e. The van der Waals surface area contributed by atoms with Crippen molar-refractivity contribution in [1.82, 2.24) is 4.90 Å². The van der Waals surface area contributed by atoms with Crippen molar-refractivity contribution in [3.8, 4) is 0 Å². The topological polar surface area (TPSA) is 57.6 Å². The van der Waals surface area contributed by atoms with Crippen LogP contribution in [0.3, 0.4) is 0 Å². The van der Waals surface area contributed by atoms with E-state index in [4.69, 9.17) is 0 Å². The molecule has 2 rings (SSSR count). The van der Waals surface area contributed by atoms with Gasteiger partial charge in [0.2, 0.25) is 5.91 Å². The molecule has 0 radical (unpaired) electrons. The molecule has 2 fully saturated rings. The Kier molecular flexibility index (Phi) is 4.95. The standard InChI is InChI=1S/C17H29NO3/c1-5-13-7-14(15(8-13)17(20)21)16(19)18-9-10(2)6-11(3)12(18)4/h10-15H,5-9H2,1-4H3,(H,20,21)/t10?,11?,12?,13?,14-,15+/m0/s1. The van der Waals surface area contributed by atoms with Crippen molar-refractivity contribution in [2.45, 2.75) is 59.4 Å². The van der Waals surface area contributed by atoms with Crippen molar-refractivity contribution in [2.24, 2.45) is 29.6 Å². The zero-order valence-corrected chi connectivity index (χ0v) is 13.7. The summed E-state index contributed by atoms with van der Waals surface area (Å²) >= 11 is 0. The van der Waals surface area contributed by atoms with Crippen LogP contribution < -0.4 is 0 Å². The highest BCUT2D eigenvalue weighted by Gasteiger charge is 2.45. The van der Waals surface area contributed by atoms with E-state index in [1.807, 2.05) is 4.90 Å². The Morgan fingerprint density at radius 2 is 1.71 bits per heavy atom. The van der Waals surface area contributed by atoms with Gasteiger partial charge in [-0.3, -0.25) is 9.59 Å². The fourth-order valence-corrected chi connectivity index (χ4v) is 4.24. The first-order valence-corrected chi connectivity index (χ1v) is 8.38. The van der Waals surface area contributed by atoms with Crippen LogP contribution in [0, 0.1) is 29.6 Å². The zero-order chi connectivity index (χ0) is 15.7. The number of hydrogen-bond acceptors (Lipinski definition) is 2. The van der Waals surface area contributed by atoms with Gasteiger partial charge in [-0.1, -0.05) is 27.2 Å². The van der Waals surface area contributed by atoms with Crippen molar-refractivity contribution < 1.29 is 14.7 Å². The Balaban J connectivity index is 2.15. The van der Waals surface area contributed by atoms with Gasteiger partial charge in [0.15, 0.2) is 0 Å². The highest BCUT2D eigenvalue weighted by Crippen LogP contribution is 2.40. The number of rotatable bonds is 3. The van der Waals surface area contributed by atoms with Gasteiger partial charge in [-0.25, -0.2) is 0 Å². The highest BCUT2D eigenvalue weighted by atomic mass is 16.4. The first-order chi connectivity index (χ1) is 9.85. The van der Waals surface area contributed by atoms with Crippen LogP contribution in [0.5, 0.6) is 0 Å². The van der Waals surface area contributed by atoms with Crippen molar-refractivity contribution in [3.05, 3.63) is 0 Å². The SMILES string of the molecule is CCC1C[C@H](C(=O)N2CC(C)CC(C)C2C)[C@H](C(=O)O)C1. The molecule has 4 nitrogen and oxygen atoms in total. The number of carbonyl (C=O) groups excluding carboxylic acids is 1. The van der Waals surface area contributed by atoms with Crippen LogP contribution >= 0.6 is 0 Å². The lowest BCUT2D eigenvalue weighted by Crippen LogP contribution is -2.51. The lowest BCUT2D eigenvalue weighted by atomic mass is 9.84. The van der Waals surface area contributed by atoms with E-state index >= 15 is 0 Å². The van der Waals surface area contributed by atoms with Crippen LogP contribution in [0.2, 0.25) is 0 Å². The van der Waals surface area contributed by atoms with Crippen LogP contribution in [-0.2, 0) is 9.59 Å². The van der Waals surface area contributed by atoms with Gasteiger partial charge >= 0.3 is 5.97 Å². The summed E-state index contributed by atoms with van der Waals surface area (Å²) in [5, 5.41) is 9.44. The third kappa shape index (κ3) is 3.24. The number of carbonyl (C=O) groups is 2. The molecule has 1 heterocycles. The molecule has 4 heteroatoms. The van der Waals surface area contributed by atoms with Crippen LogP contribution in [0.15, 0.2) is 0 Å². The summed E-state index contributed by atoms with van der Waals surface area (Å²) in [4.78, 5) is 26.4. The zero-order valence-electron chi connectivity index (χ0n) is 13.7. The lowest BCUT2D eigenvalue weighted by Gasteiger charge is -2.42. The second-order valence-corrected chi connectivity index (χ2v) is 7.35. The average molecular weight is 295 g/mol. The molecule has 21 heavy (non-hydrogen) atoms. The molecule has 0 spiro atoms. The van der Waals surface area contributed by atoms with Crippen LogP contribution in [0.4, 0.5) is 0 Å². The molecule has 120 valence electrons. The fraction of sp³-hybridized carbons (Fsp3) is 0.882. The lowest BCUT2D eigenvalue weighted by molar-refractivity contribution is -0.151. The van der Waals surface area contributed by atoms with Crippen LogP contribution in [0.1, 0.15) is 53.4 Å². The van der Waals surface area contributed by atoms with E-state index in [2.05, 4.69) is 27.7 Å². The number of carboxylic acid groups (broad SMARTS) is 1. The van der Waals surface area contributed by atoms with Crippen LogP contribution in [0.25, 0.3) is 0 Å². The normalized spacial score (nSPS) is 40.3. The van der Waals surface area contributed by atoms with E-state index < -0.39 is 11.9 Å². The Morgan fingerprint density at radius 3 is 2.29 bits per heavy atom. The Bertz CT molecular complexity index is 409. The smallest absolute Gasteiger partial charge is 0.307 e. The van der Waals surface area contributed by atoms with Crippen molar-refractivity contribution in [1.29, 1.82) is 0 Å². The molecule has 1 saturated heterocycles.